The molecule has 1 fully saturated rings. The van der Waals surface area contributed by atoms with Crippen LogP contribution in [0.1, 0.15) is 39.5 Å². The van der Waals surface area contributed by atoms with E-state index in [-0.39, 0.29) is 0 Å². The molecular weight excluding hydrogens is 150 g/mol. The second-order valence-corrected chi connectivity index (χ2v) is 4.21. The smallest absolute Gasteiger partial charge is 0.0862 e. The average molecular weight is 172 g/mol. The minimum atomic E-state index is 0.543. The third-order valence-electron chi connectivity index (χ3n) is 2.71. The van der Waals surface area contributed by atoms with Crippen LogP contribution < -0.4 is 5.32 Å². The molecule has 2 nitrogen and oxygen atoms in total. The normalized spacial score (nSPS) is 31.0. The monoisotopic (exact) mass is 172 g/mol. The lowest BCUT2D eigenvalue weighted by Gasteiger charge is -2.27. The number of methoxy groups -OCH3 is 1. The SMILES string of the molecule is COC1CCC([NH2+]C(C)C)CC1. The van der Waals surface area contributed by atoms with Gasteiger partial charge in [0.15, 0.2) is 0 Å². The Kier molecular flexibility index (Phi) is 4.02. The van der Waals surface area contributed by atoms with Crippen molar-refractivity contribution in [2.24, 2.45) is 0 Å². The highest BCUT2D eigenvalue weighted by Gasteiger charge is 2.23. The summed E-state index contributed by atoms with van der Waals surface area (Å²) in [7, 11) is 1.83. The van der Waals surface area contributed by atoms with Crippen LogP contribution in [0.25, 0.3) is 0 Å². The molecule has 1 saturated carbocycles. The zero-order chi connectivity index (χ0) is 8.97. The van der Waals surface area contributed by atoms with Crippen molar-refractivity contribution in [3.8, 4) is 0 Å². The number of hydrogen-bond donors (Lipinski definition) is 1. The third-order valence-corrected chi connectivity index (χ3v) is 2.71. The molecule has 0 unspecified atom stereocenters. The molecule has 0 heterocycles. The van der Waals surface area contributed by atoms with Gasteiger partial charge in [-0.15, -0.1) is 0 Å². The van der Waals surface area contributed by atoms with Crippen LogP contribution in [0.2, 0.25) is 0 Å². The molecule has 0 amide bonds. The largest absolute Gasteiger partial charge is 0.381 e. The van der Waals surface area contributed by atoms with E-state index in [2.05, 4.69) is 19.2 Å². The fourth-order valence-corrected chi connectivity index (χ4v) is 2.06. The first-order chi connectivity index (χ1) is 5.72. The first kappa shape index (κ1) is 10.0. The summed E-state index contributed by atoms with van der Waals surface area (Å²) in [5.41, 5.74) is 0. The molecule has 1 aliphatic rings. The van der Waals surface area contributed by atoms with Gasteiger partial charge in [0.2, 0.25) is 0 Å². The third kappa shape index (κ3) is 3.11. The summed E-state index contributed by atoms with van der Waals surface area (Å²) in [4.78, 5) is 0. The van der Waals surface area contributed by atoms with Crippen LogP contribution in [-0.2, 0) is 4.74 Å². The van der Waals surface area contributed by atoms with E-state index in [0.717, 1.165) is 12.1 Å². The summed E-state index contributed by atoms with van der Waals surface area (Å²) in [6, 6.07) is 1.60. The molecule has 0 radical (unpaired) electrons. The topological polar surface area (TPSA) is 25.8 Å². The number of nitrogens with two attached hydrogens (primary N) is 1. The van der Waals surface area contributed by atoms with Gasteiger partial charge in [-0.05, 0) is 26.7 Å². The minimum Gasteiger partial charge on any atom is -0.381 e. The van der Waals surface area contributed by atoms with Gasteiger partial charge in [-0.2, -0.15) is 0 Å². The summed E-state index contributed by atoms with van der Waals surface area (Å²) in [6.45, 7) is 4.53. The predicted octanol–water partition coefficient (Wildman–Crippen LogP) is 0.916. The van der Waals surface area contributed by atoms with E-state index < -0.39 is 0 Å². The Hall–Kier alpha value is -0.0800. The minimum absolute atomic E-state index is 0.543. The van der Waals surface area contributed by atoms with Gasteiger partial charge in [0.1, 0.15) is 0 Å². The quantitative estimate of drug-likeness (QED) is 0.673. The molecule has 0 atom stereocenters. The molecule has 0 aliphatic heterocycles. The van der Waals surface area contributed by atoms with Gasteiger partial charge in [0.25, 0.3) is 0 Å². The van der Waals surface area contributed by atoms with Crippen molar-refractivity contribution in [2.45, 2.75) is 57.7 Å². The van der Waals surface area contributed by atoms with Crippen molar-refractivity contribution < 1.29 is 10.1 Å². The Balaban J connectivity index is 2.17. The summed E-state index contributed by atoms with van der Waals surface area (Å²) in [5.74, 6) is 0. The van der Waals surface area contributed by atoms with Gasteiger partial charge < -0.3 is 10.1 Å². The maximum Gasteiger partial charge on any atom is 0.0862 e. The highest BCUT2D eigenvalue weighted by atomic mass is 16.5. The fraction of sp³-hybridized carbons (Fsp3) is 1.00. The number of rotatable bonds is 3. The summed E-state index contributed by atoms with van der Waals surface area (Å²) >= 11 is 0. The second kappa shape index (κ2) is 4.83. The Labute approximate surface area is 75.7 Å². The maximum atomic E-state index is 5.33. The zero-order valence-electron chi connectivity index (χ0n) is 8.55. The molecule has 2 N–H and O–H groups in total. The first-order valence-electron chi connectivity index (χ1n) is 5.10. The lowest BCUT2D eigenvalue weighted by molar-refractivity contribution is -0.718. The highest BCUT2D eigenvalue weighted by Crippen LogP contribution is 2.18. The van der Waals surface area contributed by atoms with E-state index in [9.17, 15) is 0 Å². The van der Waals surface area contributed by atoms with Crippen LogP contribution in [0.3, 0.4) is 0 Å². The summed E-state index contributed by atoms with van der Waals surface area (Å²) in [5, 5.41) is 2.49. The van der Waals surface area contributed by atoms with Crippen molar-refractivity contribution in [3.63, 3.8) is 0 Å². The van der Waals surface area contributed by atoms with E-state index in [1.54, 1.807) is 0 Å². The number of quaternary nitrogens is 1. The second-order valence-electron chi connectivity index (χ2n) is 4.21. The number of ether oxygens (including phenoxy) is 1. The van der Waals surface area contributed by atoms with Crippen molar-refractivity contribution in [2.75, 3.05) is 7.11 Å². The first-order valence-corrected chi connectivity index (χ1v) is 5.10. The zero-order valence-corrected chi connectivity index (χ0v) is 8.55. The van der Waals surface area contributed by atoms with Crippen LogP contribution in [0, 0.1) is 0 Å². The van der Waals surface area contributed by atoms with Gasteiger partial charge in [-0.25, -0.2) is 0 Å². The van der Waals surface area contributed by atoms with Crippen LogP contribution in [0.4, 0.5) is 0 Å². The Morgan fingerprint density at radius 2 is 1.75 bits per heavy atom. The molecule has 0 aromatic carbocycles. The van der Waals surface area contributed by atoms with E-state index in [0.29, 0.717) is 6.10 Å². The van der Waals surface area contributed by atoms with Gasteiger partial charge in [0.05, 0.1) is 18.2 Å². The van der Waals surface area contributed by atoms with Crippen molar-refractivity contribution >= 4 is 0 Å². The molecule has 0 spiro atoms. The molecule has 12 heavy (non-hydrogen) atoms. The number of hydrogen-bond acceptors (Lipinski definition) is 1. The van der Waals surface area contributed by atoms with Crippen molar-refractivity contribution in [1.82, 2.24) is 0 Å². The molecular formula is C10H22NO+. The van der Waals surface area contributed by atoms with Gasteiger partial charge in [-0.1, -0.05) is 0 Å². The summed E-state index contributed by atoms with van der Waals surface area (Å²) < 4.78 is 5.33. The molecule has 2 heteroatoms. The van der Waals surface area contributed by atoms with E-state index in [1.807, 2.05) is 7.11 Å². The van der Waals surface area contributed by atoms with Gasteiger partial charge in [-0.3, -0.25) is 0 Å². The van der Waals surface area contributed by atoms with Crippen molar-refractivity contribution in [1.29, 1.82) is 0 Å². The summed E-state index contributed by atoms with van der Waals surface area (Å²) in [6.07, 6.45) is 5.71. The van der Waals surface area contributed by atoms with Gasteiger partial charge in [0, 0.05) is 20.0 Å². The average Bonchev–Trinajstić information content (AvgIpc) is 2.05. The maximum absolute atomic E-state index is 5.33. The van der Waals surface area contributed by atoms with Crippen LogP contribution in [-0.4, -0.2) is 25.3 Å². The molecule has 0 saturated heterocycles. The molecule has 1 rings (SSSR count). The highest BCUT2D eigenvalue weighted by molar-refractivity contribution is 4.70. The Morgan fingerprint density at radius 3 is 2.17 bits per heavy atom. The van der Waals surface area contributed by atoms with Crippen LogP contribution >= 0.6 is 0 Å². The molecule has 0 aromatic rings. The van der Waals surface area contributed by atoms with Gasteiger partial charge >= 0.3 is 0 Å². The molecule has 0 aromatic heterocycles. The van der Waals surface area contributed by atoms with Crippen LogP contribution in [0.15, 0.2) is 0 Å². The Bertz CT molecular complexity index is 117. The van der Waals surface area contributed by atoms with E-state index in [1.165, 1.54) is 25.7 Å². The molecule has 1 aliphatic carbocycles. The van der Waals surface area contributed by atoms with E-state index >= 15 is 0 Å². The lowest BCUT2D eigenvalue weighted by atomic mass is 9.92. The van der Waals surface area contributed by atoms with Crippen molar-refractivity contribution in [3.05, 3.63) is 0 Å². The predicted molar refractivity (Wildman–Crippen MR) is 50.1 cm³/mol. The lowest BCUT2D eigenvalue weighted by Crippen LogP contribution is -2.94. The van der Waals surface area contributed by atoms with E-state index in [4.69, 9.17) is 4.74 Å². The molecule has 0 bridgehead atoms. The fourth-order valence-electron chi connectivity index (χ4n) is 2.06. The Morgan fingerprint density at radius 1 is 1.17 bits per heavy atom. The van der Waals surface area contributed by atoms with Crippen LogP contribution in [0.5, 0.6) is 0 Å². The standard InChI is InChI=1S/C10H21NO/c1-8(2)11-9-4-6-10(12-3)7-5-9/h8-11H,4-7H2,1-3H3/p+1. The molecule has 72 valence electrons.